The molecule has 0 unspecified atom stereocenters. The molecule has 210 valence electrons. The van der Waals surface area contributed by atoms with Gasteiger partial charge in [-0.2, -0.15) is 0 Å². The molecule has 0 aliphatic carbocycles. The predicted octanol–water partition coefficient (Wildman–Crippen LogP) is 11.9. The van der Waals surface area contributed by atoms with E-state index in [1.54, 1.807) is 0 Å². The minimum atomic E-state index is 1.17. The smallest absolute Gasteiger partial charge is 0.0562 e. The van der Waals surface area contributed by atoms with Crippen molar-refractivity contribution >= 4 is 75.1 Å². The minimum absolute atomic E-state index is 1.17. The fourth-order valence-corrected chi connectivity index (χ4v) is 8.57. The molecule has 3 aromatic heterocycles. The topological polar surface area (TPSA) is 9.86 Å². The standard InChI is InChI=1S/C42H26N2S/c1-3-11-27(12-4-1)28-19-24-40-35(25-28)33-22-23-38-41(42(33)45-40)34-21-20-30(26-39(34)43(38)29-13-5-2-6-14-29)44-36-17-9-7-15-31(36)32-16-8-10-18-37(32)44/h1-26H. The van der Waals surface area contributed by atoms with Crippen LogP contribution in [0.2, 0.25) is 0 Å². The van der Waals surface area contributed by atoms with Crippen LogP contribution in [0.1, 0.15) is 0 Å². The summed E-state index contributed by atoms with van der Waals surface area (Å²) in [4.78, 5) is 0. The van der Waals surface area contributed by atoms with E-state index in [9.17, 15) is 0 Å². The van der Waals surface area contributed by atoms with Crippen molar-refractivity contribution in [3.8, 4) is 22.5 Å². The number of para-hydroxylation sites is 3. The molecule has 10 rings (SSSR count). The molecule has 2 nitrogen and oxygen atoms in total. The zero-order valence-corrected chi connectivity index (χ0v) is 25.1. The first-order chi connectivity index (χ1) is 22.3. The first-order valence-corrected chi connectivity index (χ1v) is 16.2. The minimum Gasteiger partial charge on any atom is -0.309 e. The summed E-state index contributed by atoms with van der Waals surface area (Å²) in [6, 6.07) is 57.5. The lowest BCUT2D eigenvalue weighted by molar-refractivity contribution is 1.15. The Labute approximate surface area is 263 Å². The van der Waals surface area contributed by atoms with Crippen molar-refractivity contribution in [2.24, 2.45) is 0 Å². The monoisotopic (exact) mass is 590 g/mol. The van der Waals surface area contributed by atoms with E-state index < -0.39 is 0 Å². The predicted molar refractivity (Wildman–Crippen MR) is 193 cm³/mol. The molecule has 0 fully saturated rings. The second-order valence-electron chi connectivity index (χ2n) is 11.8. The van der Waals surface area contributed by atoms with Crippen LogP contribution >= 0.6 is 11.3 Å². The molecule has 10 aromatic rings. The highest BCUT2D eigenvalue weighted by molar-refractivity contribution is 7.26. The molecule has 0 amide bonds. The molecule has 0 saturated carbocycles. The fraction of sp³-hybridized carbons (Fsp3) is 0. The van der Waals surface area contributed by atoms with Crippen molar-refractivity contribution in [3.05, 3.63) is 158 Å². The highest BCUT2D eigenvalue weighted by Crippen LogP contribution is 2.45. The van der Waals surface area contributed by atoms with Crippen LogP contribution in [-0.2, 0) is 0 Å². The van der Waals surface area contributed by atoms with Crippen molar-refractivity contribution in [2.75, 3.05) is 0 Å². The van der Waals surface area contributed by atoms with Crippen LogP contribution < -0.4 is 0 Å². The summed E-state index contributed by atoms with van der Waals surface area (Å²) in [5, 5.41) is 7.79. The number of hydrogen-bond acceptors (Lipinski definition) is 1. The van der Waals surface area contributed by atoms with E-state index in [4.69, 9.17) is 0 Å². The summed E-state index contributed by atoms with van der Waals surface area (Å²) in [6.45, 7) is 0. The van der Waals surface area contributed by atoms with Crippen LogP contribution in [0.15, 0.2) is 158 Å². The van der Waals surface area contributed by atoms with Crippen LogP contribution in [-0.4, -0.2) is 9.13 Å². The molecule has 0 N–H and O–H groups in total. The molecule has 3 heterocycles. The Morgan fingerprint density at radius 3 is 1.76 bits per heavy atom. The Hall–Kier alpha value is -5.64. The average Bonchev–Trinajstić information content (AvgIpc) is 3.76. The van der Waals surface area contributed by atoms with Gasteiger partial charge in [-0.3, -0.25) is 0 Å². The van der Waals surface area contributed by atoms with Gasteiger partial charge in [-0.1, -0.05) is 103 Å². The van der Waals surface area contributed by atoms with Crippen LogP contribution in [0.3, 0.4) is 0 Å². The molecule has 0 bridgehead atoms. The second-order valence-corrected chi connectivity index (χ2v) is 12.8. The van der Waals surface area contributed by atoms with E-state index in [1.165, 1.54) is 86.3 Å². The van der Waals surface area contributed by atoms with Crippen molar-refractivity contribution in [3.63, 3.8) is 0 Å². The van der Waals surface area contributed by atoms with E-state index in [1.807, 2.05) is 11.3 Å². The molecule has 0 spiro atoms. The molecule has 0 atom stereocenters. The highest BCUT2D eigenvalue weighted by atomic mass is 32.1. The van der Waals surface area contributed by atoms with E-state index in [2.05, 4.69) is 167 Å². The Balaban J connectivity index is 1.30. The van der Waals surface area contributed by atoms with Gasteiger partial charge in [0.05, 0.1) is 22.1 Å². The van der Waals surface area contributed by atoms with Gasteiger partial charge in [-0.25, -0.2) is 0 Å². The summed E-state index contributed by atoms with van der Waals surface area (Å²) in [5.74, 6) is 0. The SMILES string of the molecule is c1ccc(-c2ccc3sc4c(ccc5c4c4ccc(-n6c7ccccc7c7ccccc76)cc4n5-c4ccccc4)c3c2)cc1. The van der Waals surface area contributed by atoms with E-state index in [0.29, 0.717) is 0 Å². The molecular weight excluding hydrogens is 565 g/mol. The highest BCUT2D eigenvalue weighted by Gasteiger charge is 2.19. The summed E-state index contributed by atoms with van der Waals surface area (Å²) in [7, 11) is 0. The van der Waals surface area contributed by atoms with E-state index in [0.717, 1.165) is 0 Å². The lowest BCUT2D eigenvalue weighted by atomic mass is 10.0. The summed E-state index contributed by atoms with van der Waals surface area (Å²) in [6.07, 6.45) is 0. The molecule has 3 heteroatoms. The number of rotatable bonds is 3. The third kappa shape index (κ3) is 3.56. The number of aromatic nitrogens is 2. The lowest BCUT2D eigenvalue weighted by Gasteiger charge is -2.11. The van der Waals surface area contributed by atoms with Crippen molar-refractivity contribution in [2.45, 2.75) is 0 Å². The van der Waals surface area contributed by atoms with Crippen LogP contribution in [0.5, 0.6) is 0 Å². The number of fused-ring (bicyclic) bond motifs is 10. The quantitative estimate of drug-likeness (QED) is 0.194. The summed E-state index contributed by atoms with van der Waals surface area (Å²) >= 11 is 1.91. The van der Waals surface area contributed by atoms with Crippen LogP contribution in [0.25, 0.3) is 86.3 Å². The van der Waals surface area contributed by atoms with Crippen molar-refractivity contribution in [1.82, 2.24) is 9.13 Å². The van der Waals surface area contributed by atoms with Gasteiger partial charge >= 0.3 is 0 Å². The largest absolute Gasteiger partial charge is 0.309 e. The first kappa shape index (κ1) is 24.8. The van der Waals surface area contributed by atoms with Crippen LogP contribution in [0.4, 0.5) is 0 Å². The summed E-state index contributed by atoms with van der Waals surface area (Å²) < 4.78 is 7.52. The maximum absolute atomic E-state index is 2.45. The second kappa shape index (κ2) is 9.43. The number of hydrogen-bond donors (Lipinski definition) is 0. The van der Waals surface area contributed by atoms with Gasteiger partial charge < -0.3 is 9.13 Å². The maximum atomic E-state index is 2.45. The molecule has 0 aliphatic heterocycles. The fourth-order valence-electron chi connectivity index (χ4n) is 7.33. The Morgan fingerprint density at radius 2 is 1.00 bits per heavy atom. The van der Waals surface area contributed by atoms with Crippen molar-refractivity contribution < 1.29 is 0 Å². The maximum Gasteiger partial charge on any atom is 0.0562 e. The normalized spacial score (nSPS) is 12.0. The van der Waals surface area contributed by atoms with Crippen molar-refractivity contribution in [1.29, 1.82) is 0 Å². The van der Waals surface area contributed by atoms with Gasteiger partial charge in [0, 0.05) is 53.1 Å². The van der Waals surface area contributed by atoms with Crippen LogP contribution in [0, 0.1) is 0 Å². The number of nitrogens with zero attached hydrogens (tertiary/aromatic N) is 2. The van der Waals surface area contributed by atoms with Gasteiger partial charge in [0.2, 0.25) is 0 Å². The third-order valence-electron chi connectivity index (χ3n) is 9.31. The zero-order chi connectivity index (χ0) is 29.5. The third-order valence-corrected chi connectivity index (χ3v) is 10.5. The Morgan fingerprint density at radius 1 is 0.356 bits per heavy atom. The number of benzene rings is 7. The van der Waals surface area contributed by atoms with Gasteiger partial charge in [0.25, 0.3) is 0 Å². The molecule has 0 radical (unpaired) electrons. The molecule has 7 aromatic carbocycles. The Bertz CT molecular complexity index is 2690. The molecular formula is C42H26N2S. The van der Waals surface area contributed by atoms with Gasteiger partial charge in [0.1, 0.15) is 0 Å². The number of thiophene rings is 1. The van der Waals surface area contributed by atoms with Gasteiger partial charge in [-0.15, -0.1) is 11.3 Å². The summed E-state index contributed by atoms with van der Waals surface area (Å²) in [5.41, 5.74) is 9.73. The zero-order valence-electron chi connectivity index (χ0n) is 24.3. The lowest BCUT2D eigenvalue weighted by Crippen LogP contribution is -1.96. The van der Waals surface area contributed by atoms with E-state index in [-0.39, 0.29) is 0 Å². The van der Waals surface area contributed by atoms with E-state index >= 15 is 0 Å². The van der Waals surface area contributed by atoms with Gasteiger partial charge in [0.15, 0.2) is 0 Å². The average molecular weight is 591 g/mol. The molecule has 0 aliphatic rings. The molecule has 0 saturated heterocycles. The van der Waals surface area contributed by atoms with Gasteiger partial charge in [-0.05, 0) is 65.7 Å². The molecule has 45 heavy (non-hydrogen) atoms. The Kier molecular flexibility index (Phi) is 5.19. The first-order valence-electron chi connectivity index (χ1n) is 15.4.